The summed E-state index contributed by atoms with van der Waals surface area (Å²) in [6.07, 6.45) is 1.56. The number of carboxylic acid groups (broad SMARTS) is 1. The number of hydrogen-bond acceptors (Lipinski definition) is 2. The number of carbonyl (C=O) groups is 1. The zero-order valence-corrected chi connectivity index (χ0v) is 11.9. The molecule has 0 aliphatic carbocycles. The molecular formula is C18H19NO2. The molecule has 108 valence electrons. The van der Waals surface area contributed by atoms with Crippen molar-refractivity contribution in [3.05, 3.63) is 65.7 Å². The van der Waals surface area contributed by atoms with Gasteiger partial charge in [0.1, 0.15) is 0 Å². The Morgan fingerprint density at radius 3 is 2.57 bits per heavy atom. The molecule has 0 bridgehead atoms. The molecule has 3 rings (SSSR count). The highest BCUT2D eigenvalue weighted by atomic mass is 16.4. The average molecular weight is 281 g/mol. The fourth-order valence-electron chi connectivity index (χ4n) is 2.97. The van der Waals surface area contributed by atoms with Crippen LogP contribution in [0, 0.1) is 5.92 Å². The van der Waals surface area contributed by atoms with Crippen molar-refractivity contribution >= 4 is 11.7 Å². The first-order valence-electron chi connectivity index (χ1n) is 7.33. The van der Waals surface area contributed by atoms with E-state index in [1.54, 1.807) is 0 Å². The minimum Gasteiger partial charge on any atom is -0.481 e. The summed E-state index contributed by atoms with van der Waals surface area (Å²) < 4.78 is 0. The van der Waals surface area contributed by atoms with Gasteiger partial charge in [0.2, 0.25) is 0 Å². The van der Waals surface area contributed by atoms with Crippen LogP contribution < -0.4 is 4.90 Å². The van der Waals surface area contributed by atoms with Crippen LogP contribution >= 0.6 is 0 Å². The molecule has 0 amide bonds. The Hall–Kier alpha value is -2.29. The first kappa shape index (κ1) is 13.7. The smallest absolute Gasteiger partial charge is 0.308 e. The molecule has 21 heavy (non-hydrogen) atoms. The predicted octanol–water partition coefficient (Wildman–Crippen LogP) is 2.99. The van der Waals surface area contributed by atoms with E-state index in [0.717, 1.165) is 18.5 Å². The first-order chi connectivity index (χ1) is 10.2. The third-order valence-corrected chi connectivity index (χ3v) is 4.10. The van der Waals surface area contributed by atoms with Gasteiger partial charge >= 0.3 is 5.97 Å². The number of aliphatic carboxylic acids is 1. The van der Waals surface area contributed by atoms with Crippen molar-refractivity contribution in [2.24, 2.45) is 5.92 Å². The number of carboxylic acids is 1. The highest BCUT2D eigenvalue weighted by Gasteiger charge is 2.28. The Morgan fingerprint density at radius 1 is 1.10 bits per heavy atom. The molecule has 1 atom stereocenters. The average Bonchev–Trinajstić information content (AvgIpc) is 2.53. The first-order valence-corrected chi connectivity index (χ1v) is 7.33. The highest BCUT2D eigenvalue weighted by Crippen LogP contribution is 2.29. The number of para-hydroxylation sites is 1. The minimum absolute atomic E-state index is 0.310. The molecule has 2 aromatic carbocycles. The van der Waals surface area contributed by atoms with Crippen LogP contribution in [-0.2, 0) is 17.6 Å². The summed E-state index contributed by atoms with van der Waals surface area (Å²) in [4.78, 5) is 13.6. The van der Waals surface area contributed by atoms with Crippen LogP contribution in [0.2, 0.25) is 0 Å². The monoisotopic (exact) mass is 281 g/mol. The maximum absolute atomic E-state index is 11.4. The molecule has 2 aromatic rings. The van der Waals surface area contributed by atoms with Crippen LogP contribution in [0.1, 0.15) is 11.1 Å². The zero-order chi connectivity index (χ0) is 14.7. The van der Waals surface area contributed by atoms with E-state index in [-0.39, 0.29) is 5.92 Å². The lowest BCUT2D eigenvalue weighted by molar-refractivity contribution is -0.141. The maximum atomic E-state index is 11.4. The Balaban J connectivity index is 1.78. The minimum atomic E-state index is -0.700. The Morgan fingerprint density at radius 2 is 1.81 bits per heavy atom. The van der Waals surface area contributed by atoms with Crippen LogP contribution in [0.15, 0.2) is 54.6 Å². The van der Waals surface area contributed by atoms with E-state index in [1.807, 2.05) is 36.4 Å². The van der Waals surface area contributed by atoms with Crippen LogP contribution in [-0.4, -0.2) is 24.2 Å². The van der Waals surface area contributed by atoms with Crippen molar-refractivity contribution in [3.8, 4) is 0 Å². The number of nitrogens with zero attached hydrogens (tertiary/aromatic N) is 1. The van der Waals surface area contributed by atoms with Crippen LogP contribution in [0.4, 0.5) is 5.69 Å². The molecule has 3 nitrogen and oxygen atoms in total. The van der Waals surface area contributed by atoms with Gasteiger partial charge in [0.15, 0.2) is 0 Å². The van der Waals surface area contributed by atoms with E-state index in [0.29, 0.717) is 13.0 Å². The van der Waals surface area contributed by atoms with Crippen LogP contribution in [0.25, 0.3) is 0 Å². The van der Waals surface area contributed by atoms with Crippen molar-refractivity contribution < 1.29 is 9.90 Å². The molecular weight excluding hydrogens is 262 g/mol. The summed E-state index contributed by atoms with van der Waals surface area (Å²) in [6, 6.07) is 18.5. The molecule has 1 N–H and O–H groups in total. The Bertz CT molecular complexity index is 624. The van der Waals surface area contributed by atoms with Gasteiger partial charge in [0, 0.05) is 18.8 Å². The largest absolute Gasteiger partial charge is 0.481 e. The van der Waals surface area contributed by atoms with Gasteiger partial charge in [-0.25, -0.2) is 0 Å². The molecule has 1 aliphatic rings. The molecule has 0 spiro atoms. The normalized spacial score (nSPS) is 17.3. The topological polar surface area (TPSA) is 40.5 Å². The van der Waals surface area contributed by atoms with E-state index >= 15 is 0 Å². The van der Waals surface area contributed by atoms with E-state index in [2.05, 4.69) is 23.1 Å². The molecule has 1 heterocycles. The van der Waals surface area contributed by atoms with Gasteiger partial charge < -0.3 is 10.0 Å². The van der Waals surface area contributed by atoms with Gasteiger partial charge in [-0.05, 0) is 30.0 Å². The molecule has 0 radical (unpaired) electrons. The van der Waals surface area contributed by atoms with Crippen molar-refractivity contribution in [2.45, 2.75) is 12.8 Å². The van der Waals surface area contributed by atoms with Gasteiger partial charge in [0.05, 0.1) is 5.92 Å². The predicted molar refractivity (Wildman–Crippen MR) is 83.6 cm³/mol. The summed E-state index contributed by atoms with van der Waals surface area (Å²) in [7, 11) is 0. The van der Waals surface area contributed by atoms with E-state index in [4.69, 9.17) is 0 Å². The lowest BCUT2D eigenvalue weighted by atomic mass is 9.92. The second-order valence-corrected chi connectivity index (χ2v) is 5.55. The summed E-state index contributed by atoms with van der Waals surface area (Å²) in [5, 5.41) is 9.34. The van der Waals surface area contributed by atoms with Gasteiger partial charge in [-0.15, -0.1) is 0 Å². The Labute approximate surface area is 124 Å². The summed E-state index contributed by atoms with van der Waals surface area (Å²) in [5.41, 5.74) is 3.61. The van der Waals surface area contributed by atoms with E-state index in [1.165, 1.54) is 11.3 Å². The number of rotatable bonds is 4. The van der Waals surface area contributed by atoms with Gasteiger partial charge in [-0.2, -0.15) is 0 Å². The fraction of sp³-hybridized carbons (Fsp3) is 0.278. The fourth-order valence-corrected chi connectivity index (χ4v) is 2.97. The van der Waals surface area contributed by atoms with Gasteiger partial charge in [-0.1, -0.05) is 48.5 Å². The van der Waals surface area contributed by atoms with Crippen molar-refractivity contribution in [1.29, 1.82) is 0 Å². The van der Waals surface area contributed by atoms with Crippen LogP contribution in [0.3, 0.4) is 0 Å². The van der Waals surface area contributed by atoms with Gasteiger partial charge in [0.25, 0.3) is 0 Å². The molecule has 0 aromatic heterocycles. The Kier molecular flexibility index (Phi) is 3.91. The standard InChI is InChI=1S/C18H19NO2/c20-18(21)16-12-15-8-4-5-9-17(15)19(13-16)11-10-14-6-2-1-3-7-14/h1-9,16H,10-13H2,(H,20,21). The second-order valence-electron chi connectivity index (χ2n) is 5.55. The molecule has 0 saturated heterocycles. The maximum Gasteiger partial charge on any atom is 0.308 e. The lowest BCUT2D eigenvalue weighted by Crippen LogP contribution is -2.40. The SMILES string of the molecule is O=C(O)C1Cc2ccccc2N(CCc2ccccc2)C1. The summed E-state index contributed by atoms with van der Waals surface area (Å²) in [6.45, 7) is 1.45. The number of benzene rings is 2. The third kappa shape index (κ3) is 3.07. The quantitative estimate of drug-likeness (QED) is 0.936. The second kappa shape index (κ2) is 6.00. The third-order valence-electron chi connectivity index (χ3n) is 4.10. The number of hydrogen-bond donors (Lipinski definition) is 1. The van der Waals surface area contributed by atoms with Crippen molar-refractivity contribution in [1.82, 2.24) is 0 Å². The molecule has 0 fully saturated rings. The molecule has 3 heteroatoms. The zero-order valence-electron chi connectivity index (χ0n) is 11.9. The molecule has 0 saturated carbocycles. The summed E-state index contributed by atoms with van der Waals surface area (Å²) >= 11 is 0. The number of fused-ring (bicyclic) bond motifs is 1. The molecule has 1 unspecified atom stereocenters. The van der Waals surface area contributed by atoms with Crippen molar-refractivity contribution in [3.63, 3.8) is 0 Å². The molecule has 1 aliphatic heterocycles. The number of anilines is 1. The van der Waals surface area contributed by atoms with E-state index < -0.39 is 5.97 Å². The highest BCUT2D eigenvalue weighted by molar-refractivity contribution is 5.73. The van der Waals surface area contributed by atoms with E-state index in [9.17, 15) is 9.90 Å². The van der Waals surface area contributed by atoms with Gasteiger partial charge in [-0.3, -0.25) is 4.79 Å². The lowest BCUT2D eigenvalue weighted by Gasteiger charge is -2.34. The van der Waals surface area contributed by atoms with Crippen molar-refractivity contribution in [2.75, 3.05) is 18.0 Å². The van der Waals surface area contributed by atoms with Crippen LogP contribution in [0.5, 0.6) is 0 Å². The summed E-state index contributed by atoms with van der Waals surface area (Å²) in [5.74, 6) is -1.01.